The Balaban J connectivity index is 1.43. The third-order valence-corrected chi connectivity index (χ3v) is 6.67. The third kappa shape index (κ3) is 3.90. The molecule has 6 heteroatoms. The Hall–Kier alpha value is -3.28. The number of amides is 1. The van der Waals surface area contributed by atoms with Gasteiger partial charge in [-0.1, -0.05) is 30.3 Å². The lowest BCUT2D eigenvalue weighted by Gasteiger charge is -2.42. The first-order valence-corrected chi connectivity index (χ1v) is 10.9. The first-order valence-electron chi connectivity index (χ1n) is 10.9. The molecule has 0 atom stereocenters. The van der Waals surface area contributed by atoms with Crippen LogP contribution in [-0.4, -0.2) is 39.1 Å². The molecule has 2 aromatic heterocycles. The molecule has 0 aliphatic carbocycles. The van der Waals surface area contributed by atoms with Crippen molar-refractivity contribution in [2.24, 2.45) is 5.41 Å². The summed E-state index contributed by atoms with van der Waals surface area (Å²) in [5.74, 6) is 1.16. The minimum Gasteiger partial charge on any atom is -0.355 e. The molecule has 2 aliphatic rings. The van der Waals surface area contributed by atoms with Crippen LogP contribution in [-0.2, 0) is 24.3 Å². The molecule has 0 radical (unpaired) electrons. The Morgan fingerprint density at radius 2 is 1.77 bits per heavy atom. The molecule has 158 valence electrons. The summed E-state index contributed by atoms with van der Waals surface area (Å²) in [5, 5.41) is 8.56. The van der Waals surface area contributed by atoms with Gasteiger partial charge in [0.25, 0.3) is 0 Å². The Morgan fingerprint density at radius 1 is 0.968 bits per heavy atom. The summed E-state index contributed by atoms with van der Waals surface area (Å²) in [7, 11) is 0. The molecule has 4 heterocycles. The van der Waals surface area contributed by atoms with Gasteiger partial charge in [-0.3, -0.25) is 9.78 Å². The van der Waals surface area contributed by atoms with Crippen LogP contribution in [0.2, 0.25) is 0 Å². The number of rotatable bonds is 3. The van der Waals surface area contributed by atoms with E-state index in [9.17, 15) is 4.79 Å². The Morgan fingerprint density at radius 3 is 2.48 bits per heavy atom. The van der Waals surface area contributed by atoms with Gasteiger partial charge < -0.3 is 9.80 Å². The standard InChI is InChI=1S/C25H27N5O/c1-19-8-9-23(28-27-19)29-13-10-25(11-14-29)15-21-6-2-3-7-22(21)18-30(24(25)31)17-20-5-4-12-26-16-20/h2-9,12,16H,10-11,13-15,17-18H2,1H3. The van der Waals surface area contributed by atoms with Gasteiger partial charge in [0, 0.05) is 38.6 Å². The molecule has 1 fully saturated rings. The average Bonchev–Trinajstić information content (AvgIpc) is 2.91. The zero-order chi connectivity index (χ0) is 21.3. The first-order chi connectivity index (χ1) is 15.1. The minimum atomic E-state index is -0.372. The molecule has 2 aliphatic heterocycles. The molecule has 1 spiro atoms. The number of carbonyl (C=O) groups is 1. The second-order valence-electron chi connectivity index (χ2n) is 8.77. The number of nitrogens with zero attached hydrogens (tertiary/aromatic N) is 5. The fraction of sp³-hybridized carbons (Fsp3) is 0.360. The van der Waals surface area contributed by atoms with Crippen LogP contribution in [0.15, 0.2) is 60.9 Å². The van der Waals surface area contributed by atoms with Gasteiger partial charge in [-0.05, 0) is 61.1 Å². The number of benzene rings is 1. The van der Waals surface area contributed by atoms with Crippen LogP contribution in [0.5, 0.6) is 0 Å². The molecular weight excluding hydrogens is 386 g/mol. The van der Waals surface area contributed by atoms with Gasteiger partial charge in [-0.2, -0.15) is 5.10 Å². The second kappa shape index (κ2) is 8.10. The smallest absolute Gasteiger partial charge is 0.229 e. The quantitative estimate of drug-likeness (QED) is 0.657. The van der Waals surface area contributed by atoms with Crippen LogP contribution in [0.4, 0.5) is 5.82 Å². The summed E-state index contributed by atoms with van der Waals surface area (Å²) in [5.41, 5.74) is 4.16. The Bertz CT molecular complexity index is 1060. The highest BCUT2D eigenvalue weighted by molar-refractivity contribution is 5.84. The summed E-state index contributed by atoms with van der Waals surface area (Å²) in [4.78, 5) is 22.5. The molecular formula is C25H27N5O. The Labute approximate surface area is 182 Å². The maximum absolute atomic E-state index is 13.9. The van der Waals surface area contributed by atoms with E-state index < -0.39 is 0 Å². The summed E-state index contributed by atoms with van der Waals surface area (Å²) >= 11 is 0. The van der Waals surface area contributed by atoms with E-state index in [-0.39, 0.29) is 11.3 Å². The van der Waals surface area contributed by atoms with E-state index in [1.807, 2.05) is 42.3 Å². The number of aromatic nitrogens is 3. The molecule has 0 N–H and O–H groups in total. The largest absolute Gasteiger partial charge is 0.355 e. The molecule has 1 amide bonds. The third-order valence-electron chi connectivity index (χ3n) is 6.67. The molecule has 0 saturated carbocycles. The van der Waals surface area contributed by atoms with Crippen LogP contribution in [0.1, 0.15) is 35.2 Å². The molecule has 6 nitrogen and oxygen atoms in total. The van der Waals surface area contributed by atoms with Crippen molar-refractivity contribution in [1.29, 1.82) is 0 Å². The van der Waals surface area contributed by atoms with Crippen molar-refractivity contribution in [3.8, 4) is 0 Å². The van der Waals surface area contributed by atoms with E-state index in [1.165, 1.54) is 11.1 Å². The highest BCUT2D eigenvalue weighted by Crippen LogP contribution is 2.41. The fourth-order valence-electron chi connectivity index (χ4n) is 4.89. The molecule has 0 unspecified atom stereocenters. The zero-order valence-electron chi connectivity index (χ0n) is 17.9. The highest BCUT2D eigenvalue weighted by atomic mass is 16.2. The summed E-state index contributed by atoms with van der Waals surface area (Å²) in [6, 6.07) is 16.5. The van der Waals surface area contributed by atoms with Crippen molar-refractivity contribution in [2.75, 3.05) is 18.0 Å². The summed E-state index contributed by atoms with van der Waals surface area (Å²) in [6.45, 7) is 4.81. The first kappa shape index (κ1) is 19.7. The number of aryl methyl sites for hydroxylation is 1. The number of hydrogen-bond donors (Lipinski definition) is 0. The van der Waals surface area contributed by atoms with Gasteiger partial charge in [0.15, 0.2) is 5.82 Å². The predicted molar refractivity (Wildman–Crippen MR) is 119 cm³/mol. The maximum atomic E-state index is 13.9. The van der Waals surface area contributed by atoms with Gasteiger partial charge in [0.2, 0.25) is 5.91 Å². The van der Waals surface area contributed by atoms with E-state index in [4.69, 9.17) is 0 Å². The van der Waals surface area contributed by atoms with Gasteiger partial charge in [0.1, 0.15) is 0 Å². The van der Waals surface area contributed by atoms with Gasteiger partial charge in [-0.15, -0.1) is 5.10 Å². The second-order valence-corrected chi connectivity index (χ2v) is 8.77. The lowest BCUT2D eigenvalue weighted by Crippen LogP contribution is -2.50. The van der Waals surface area contributed by atoms with Crippen molar-refractivity contribution < 1.29 is 4.79 Å². The molecule has 5 rings (SSSR count). The molecule has 0 bridgehead atoms. The number of hydrogen-bond acceptors (Lipinski definition) is 5. The normalized spacial score (nSPS) is 18.0. The predicted octanol–water partition coefficient (Wildman–Crippen LogP) is 3.55. The Kier molecular flexibility index (Phi) is 5.14. The van der Waals surface area contributed by atoms with Gasteiger partial charge >= 0.3 is 0 Å². The number of pyridine rings is 1. The molecule has 1 saturated heterocycles. The monoisotopic (exact) mass is 413 g/mol. The van der Waals surface area contributed by atoms with Crippen LogP contribution < -0.4 is 4.90 Å². The number of fused-ring (bicyclic) bond motifs is 1. The van der Waals surface area contributed by atoms with Crippen molar-refractivity contribution in [1.82, 2.24) is 20.1 Å². The van der Waals surface area contributed by atoms with Crippen molar-refractivity contribution in [3.63, 3.8) is 0 Å². The van der Waals surface area contributed by atoms with Gasteiger partial charge in [-0.25, -0.2) is 0 Å². The summed E-state index contributed by atoms with van der Waals surface area (Å²) in [6.07, 6.45) is 6.07. The molecule has 31 heavy (non-hydrogen) atoms. The topological polar surface area (TPSA) is 62.2 Å². The van der Waals surface area contributed by atoms with E-state index >= 15 is 0 Å². The minimum absolute atomic E-state index is 0.266. The maximum Gasteiger partial charge on any atom is 0.229 e. The van der Waals surface area contributed by atoms with Crippen molar-refractivity contribution >= 4 is 11.7 Å². The highest BCUT2D eigenvalue weighted by Gasteiger charge is 2.45. The van der Waals surface area contributed by atoms with Gasteiger partial charge in [0.05, 0.1) is 11.1 Å². The van der Waals surface area contributed by atoms with Crippen LogP contribution in [0.25, 0.3) is 0 Å². The van der Waals surface area contributed by atoms with E-state index in [1.54, 1.807) is 6.20 Å². The SMILES string of the molecule is Cc1ccc(N2CCC3(CC2)Cc2ccccc2CN(Cc2cccnc2)C3=O)nn1. The van der Waals surface area contributed by atoms with Crippen LogP contribution >= 0.6 is 0 Å². The van der Waals surface area contributed by atoms with Crippen LogP contribution in [0, 0.1) is 12.3 Å². The van der Waals surface area contributed by atoms with E-state index in [2.05, 4.69) is 44.3 Å². The van der Waals surface area contributed by atoms with E-state index in [0.29, 0.717) is 13.1 Å². The number of carbonyl (C=O) groups excluding carboxylic acids is 1. The molecule has 1 aromatic carbocycles. The van der Waals surface area contributed by atoms with Crippen LogP contribution in [0.3, 0.4) is 0 Å². The lowest BCUT2D eigenvalue weighted by atomic mass is 9.73. The lowest BCUT2D eigenvalue weighted by molar-refractivity contribution is -0.144. The number of piperidine rings is 1. The van der Waals surface area contributed by atoms with Crippen molar-refractivity contribution in [3.05, 3.63) is 83.3 Å². The molecule has 3 aromatic rings. The summed E-state index contributed by atoms with van der Waals surface area (Å²) < 4.78 is 0. The average molecular weight is 414 g/mol. The van der Waals surface area contributed by atoms with E-state index in [0.717, 1.165) is 49.4 Å². The van der Waals surface area contributed by atoms with Crippen molar-refractivity contribution in [2.45, 2.75) is 39.3 Å². The fourth-order valence-corrected chi connectivity index (χ4v) is 4.89. The zero-order valence-corrected chi connectivity index (χ0v) is 17.9. The number of anilines is 1.